The van der Waals surface area contributed by atoms with Crippen molar-refractivity contribution in [2.45, 2.75) is 26.3 Å². The molecule has 3 N–H and O–H groups in total. The van der Waals surface area contributed by atoms with Crippen LogP contribution in [0.25, 0.3) is 0 Å². The van der Waals surface area contributed by atoms with Gasteiger partial charge < -0.3 is 20.4 Å². The van der Waals surface area contributed by atoms with Gasteiger partial charge in [0, 0.05) is 19.1 Å². The van der Waals surface area contributed by atoms with E-state index >= 15 is 0 Å². The molecule has 0 saturated heterocycles. The molecule has 0 heterocycles. The van der Waals surface area contributed by atoms with Crippen molar-refractivity contribution in [2.75, 3.05) is 26.3 Å². The Morgan fingerprint density at radius 3 is 2.12 bits per heavy atom. The summed E-state index contributed by atoms with van der Waals surface area (Å²) in [6.07, 6.45) is 0.735. The lowest BCUT2D eigenvalue weighted by atomic mass is 10.2. The third kappa shape index (κ3) is 5.09. The number of amides is 2. The van der Waals surface area contributed by atoms with Gasteiger partial charge in [0.25, 0.3) is 0 Å². The third-order valence-corrected chi connectivity index (χ3v) is 2.21. The first-order valence-electron chi connectivity index (χ1n) is 5.38. The Labute approximate surface area is 95.2 Å². The zero-order valence-electron chi connectivity index (χ0n) is 9.77. The third-order valence-electron chi connectivity index (χ3n) is 2.21. The quantitative estimate of drug-likeness (QED) is 0.497. The second kappa shape index (κ2) is 8.06. The van der Waals surface area contributed by atoms with E-state index in [1.54, 1.807) is 6.92 Å². The Kier molecular flexibility index (Phi) is 7.49. The summed E-state index contributed by atoms with van der Waals surface area (Å²) in [6.45, 7) is 3.33. The van der Waals surface area contributed by atoms with Crippen molar-refractivity contribution in [3.05, 3.63) is 0 Å². The van der Waals surface area contributed by atoms with Crippen molar-refractivity contribution >= 4 is 11.8 Å². The minimum atomic E-state index is -0.719. The summed E-state index contributed by atoms with van der Waals surface area (Å²) in [5, 5.41) is 20.0. The summed E-state index contributed by atoms with van der Waals surface area (Å²) >= 11 is 0. The van der Waals surface area contributed by atoms with Crippen LogP contribution in [-0.4, -0.2) is 59.3 Å². The number of aliphatic hydroxyl groups is 2. The molecule has 0 aliphatic carbocycles. The highest BCUT2D eigenvalue weighted by atomic mass is 16.3. The van der Waals surface area contributed by atoms with E-state index in [1.807, 2.05) is 6.92 Å². The molecule has 6 heteroatoms. The molecule has 0 spiro atoms. The fraction of sp³-hybridized carbons (Fsp3) is 0.800. The maximum Gasteiger partial charge on any atom is 0.312 e. The molecule has 0 fully saturated rings. The highest BCUT2D eigenvalue weighted by molar-refractivity contribution is 6.35. The van der Waals surface area contributed by atoms with Crippen molar-refractivity contribution in [1.29, 1.82) is 0 Å². The second-order valence-electron chi connectivity index (χ2n) is 3.52. The first kappa shape index (κ1) is 14.9. The normalized spacial score (nSPS) is 12.0. The van der Waals surface area contributed by atoms with Gasteiger partial charge in [-0.25, -0.2) is 0 Å². The average molecular weight is 232 g/mol. The van der Waals surface area contributed by atoms with Crippen molar-refractivity contribution < 1.29 is 19.8 Å². The van der Waals surface area contributed by atoms with Crippen LogP contribution in [0.3, 0.4) is 0 Å². The lowest BCUT2D eigenvalue weighted by molar-refractivity contribution is -0.146. The number of hydrogen-bond acceptors (Lipinski definition) is 4. The highest BCUT2D eigenvalue weighted by Crippen LogP contribution is 1.93. The number of carbonyl (C=O) groups excluding carboxylic acids is 2. The molecule has 0 aromatic carbocycles. The molecule has 0 saturated carbocycles. The largest absolute Gasteiger partial charge is 0.395 e. The molecule has 0 aromatic rings. The van der Waals surface area contributed by atoms with E-state index in [0.29, 0.717) is 0 Å². The first-order valence-corrected chi connectivity index (χ1v) is 5.38. The molecule has 6 nitrogen and oxygen atoms in total. The lowest BCUT2D eigenvalue weighted by Crippen LogP contribution is -2.47. The van der Waals surface area contributed by atoms with Crippen molar-refractivity contribution in [1.82, 2.24) is 10.2 Å². The van der Waals surface area contributed by atoms with Crippen molar-refractivity contribution in [3.8, 4) is 0 Å². The Bertz CT molecular complexity index is 227. The SMILES string of the molecule is CCC(C)NC(=O)C(=O)N(CCO)CCO. The lowest BCUT2D eigenvalue weighted by Gasteiger charge is -2.21. The summed E-state index contributed by atoms with van der Waals surface area (Å²) in [5.41, 5.74) is 0. The Morgan fingerprint density at radius 2 is 1.75 bits per heavy atom. The number of carbonyl (C=O) groups is 2. The van der Waals surface area contributed by atoms with Gasteiger partial charge in [-0.2, -0.15) is 0 Å². The maximum absolute atomic E-state index is 11.6. The molecule has 0 aliphatic rings. The van der Waals surface area contributed by atoms with E-state index in [0.717, 1.165) is 11.3 Å². The summed E-state index contributed by atoms with van der Waals surface area (Å²) in [5.74, 6) is -1.42. The van der Waals surface area contributed by atoms with Gasteiger partial charge in [0.05, 0.1) is 13.2 Å². The van der Waals surface area contributed by atoms with Crippen LogP contribution in [0.5, 0.6) is 0 Å². The van der Waals surface area contributed by atoms with E-state index in [4.69, 9.17) is 10.2 Å². The fourth-order valence-electron chi connectivity index (χ4n) is 1.09. The molecule has 2 amide bonds. The molecule has 16 heavy (non-hydrogen) atoms. The number of aliphatic hydroxyl groups excluding tert-OH is 2. The molecule has 1 unspecified atom stereocenters. The molecular formula is C10H20N2O4. The van der Waals surface area contributed by atoms with Crippen LogP contribution in [0.4, 0.5) is 0 Å². The molecule has 0 rings (SSSR count). The van der Waals surface area contributed by atoms with Crippen molar-refractivity contribution in [2.24, 2.45) is 0 Å². The summed E-state index contributed by atoms with van der Waals surface area (Å²) < 4.78 is 0. The number of rotatable bonds is 6. The van der Waals surface area contributed by atoms with Gasteiger partial charge in [-0.3, -0.25) is 9.59 Å². The zero-order valence-corrected chi connectivity index (χ0v) is 9.77. The standard InChI is InChI=1S/C10H20N2O4/c1-3-8(2)11-9(15)10(16)12(4-6-13)5-7-14/h8,13-14H,3-7H2,1-2H3,(H,11,15). The van der Waals surface area contributed by atoms with E-state index in [9.17, 15) is 9.59 Å². The smallest absolute Gasteiger partial charge is 0.312 e. The fourth-order valence-corrected chi connectivity index (χ4v) is 1.09. The molecule has 94 valence electrons. The molecule has 0 aromatic heterocycles. The minimum Gasteiger partial charge on any atom is -0.395 e. The number of hydrogen-bond donors (Lipinski definition) is 3. The van der Waals surface area contributed by atoms with Crippen LogP contribution in [0, 0.1) is 0 Å². The van der Waals surface area contributed by atoms with E-state index in [1.165, 1.54) is 0 Å². The molecule has 0 radical (unpaired) electrons. The van der Waals surface area contributed by atoms with Gasteiger partial charge in [-0.1, -0.05) is 6.92 Å². The molecular weight excluding hydrogens is 212 g/mol. The average Bonchev–Trinajstić information content (AvgIpc) is 2.27. The van der Waals surface area contributed by atoms with E-state index in [-0.39, 0.29) is 32.3 Å². The van der Waals surface area contributed by atoms with Gasteiger partial charge in [0.2, 0.25) is 0 Å². The van der Waals surface area contributed by atoms with Gasteiger partial charge >= 0.3 is 11.8 Å². The van der Waals surface area contributed by atoms with Gasteiger partial charge in [0.1, 0.15) is 0 Å². The summed E-state index contributed by atoms with van der Waals surface area (Å²) in [7, 11) is 0. The topological polar surface area (TPSA) is 89.9 Å². The molecule has 1 atom stereocenters. The summed E-state index contributed by atoms with van der Waals surface area (Å²) in [4.78, 5) is 24.1. The molecule has 0 aliphatic heterocycles. The van der Waals surface area contributed by atoms with E-state index < -0.39 is 11.8 Å². The van der Waals surface area contributed by atoms with Gasteiger partial charge in [-0.05, 0) is 13.3 Å². The van der Waals surface area contributed by atoms with Crippen LogP contribution in [0.15, 0.2) is 0 Å². The van der Waals surface area contributed by atoms with Crippen LogP contribution in [-0.2, 0) is 9.59 Å². The minimum absolute atomic E-state index is 0.0489. The van der Waals surface area contributed by atoms with Gasteiger partial charge in [-0.15, -0.1) is 0 Å². The monoisotopic (exact) mass is 232 g/mol. The van der Waals surface area contributed by atoms with Crippen LogP contribution < -0.4 is 5.32 Å². The van der Waals surface area contributed by atoms with Crippen LogP contribution in [0.1, 0.15) is 20.3 Å². The highest BCUT2D eigenvalue weighted by Gasteiger charge is 2.21. The Hall–Kier alpha value is -1.14. The first-order chi connectivity index (χ1) is 7.56. The van der Waals surface area contributed by atoms with Crippen LogP contribution >= 0.6 is 0 Å². The van der Waals surface area contributed by atoms with Gasteiger partial charge in [0.15, 0.2) is 0 Å². The Morgan fingerprint density at radius 1 is 1.25 bits per heavy atom. The second-order valence-corrected chi connectivity index (χ2v) is 3.52. The van der Waals surface area contributed by atoms with E-state index in [2.05, 4.69) is 5.32 Å². The number of nitrogens with zero attached hydrogens (tertiary/aromatic N) is 1. The zero-order chi connectivity index (χ0) is 12.6. The molecule has 0 bridgehead atoms. The number of nitrogens with one attached hydrogen (secondary N) is 1. The van der Waals surface area contributed by atoms with Crippen LogP contribution in [0.2, 0.25) is 0 Å². The Balaban J connectivity index is 4.30. The predicted octanol–water partition coefficient (Wildman–Crippen LogP) is -1.29. The maximum atomic E-state index is 11.6. The van der Waals surface area contributed by atoms with Crippen molar-refractivity contribution in [3.63, 3.8) is 0 Å². The predicted molar refractivity (Wildman–Crippen MR) is 58.6 cm³/mol. The summed E-state index contributed by atoms with van der Waals surface area (Å²) in [6, 6.07) is -0.0680.